The van der Waals surface area contributed by atoms with E-state index in [0.29, 0.717) is 22.3 Å². The number of rotatable bonds is 5. The lowest BCUT2D eigenvalue weighted by molar-refractivity contribution is -0.139. The van der Waals surface area contributed by atoms with Crippen molar-refractivity contribution < 1.29 is 14.3 Å². The highest BCUT2D eigenvalue weighted by atomic mass is 16.5. The van der Waals surface area contributed by atoms with E-state index in [4.69, 9.17) is 9.72 Å². The molecule has 0 radical (unpaired) electrons. The number of hydrogen-bond acceptors (Lipinski definition) is 5. The van der Waals surface area contributed by atoms with Gasteiger partial charge in [-0.05, 0) is 39.7 Å². The van der Waals surface area contributed by atoms with Crippen LogP contribution in [0.1, 0.15) is 62.9 Å². The number of fused-ring (bicyclic) bond motifs is 1. The van der Waals surface area contributed by atoms with Crippen molar-refractivity contribution in [1.29, 1.82) is 0 Å². The van der Waals surface area contributed by atoms with Crippen molar-refractivity contribution in [2.45, 2.75) is 58.6 Å². The lowest BCUT2D eigenvalue weighted by Gasteiger charge is -2.24. The Labute approximate surface area is 188 Å². The van der Waals surface area contributed by atoms with Gasteiger partial charge in [0.2, 0.25) is 0 Å². The van der Waals surface area contributed by atoms with Gasteiger partial charge >= 0.3 is 5.97 Å². The molecule has 1 unspecified atom stereocenters. The van der Waals surface area contributed by atoms with E-state index in [9.17, 15) is 9.59 Å². The summed E-state index contributed by atoms with van der Waals surface area (Å²) in [6.07, 6.45) is 5.06. The van der Waals surface area contributed by atoms with Gasteiger partial charge in [0.1, 0.15) is 0 Å². The maximum Gasteiger partial charge on any atom is 0.339 e. The first-order valence-electron chi connectivity index (χ1n) is 11.4. The Morgan fingerprint density at radius 3 is 2.34 bits per heavy atom. The minimum absolute atomic E-state index is 0.0819. The highest BCUT2D eigenvalue weighted by molar-refractivity contribution is 6.04. The molecule has 4 rings (SSSR count). The van der Waals surface area contributed by atoms with Crippen molar-refractivity contribution in [1.82, 2.24) is 19.7 Å². The van der Waals surface area contributed by atoms with E-state index in [2.05, 4.69) is 5.10 Å². The number of likely N-dealkylation sites (tertiary alicyclic amines) is 1. The molecular weight excluding hydrogens is 404 g/mol. The molecule has 0 N–H and O–H groups in total. The van der Waals surface area contributed by atoms with E-state index < -0.39 is 12.1 Å². The lowest BCUT2D eigenvalue weighted by Crippen LogP contribution is -2.40. The van der Waals surface area contributed by atoms with Gasteiger partial charge in [-0.1, -0.05) is 43.2 Å². The fraction of sp³-hybridized carbons (Fsp3) is 0.440. The van der Waals surface area contributed by atoms with Gasteiger partial charge in [0, 0.05) is 24.7 Å². The number of carbonyl (C=O) groups excluding carboxylic acids is 2. The van der Waals surface area contributed by atoms with Crippen LogP contribution < -0.4 is 0 Å². The molecule has 1 aliphatic rings. The zero-order chi connectivity index (χ0) is 22.7. The summed E-state index contributed by atoms with van der Waals surface area (Å²) in [5.41, 5.74) is 2.56. The van der Waals surface area contributed by atoms with Gasteiger partial charge in [-0.3, -0.25) is 4.79 Å². The first kappa shape index (κ1) is 22.0. The van der Waals surface area contributed by atoms with Gasteiger partial charge in [0.05, 0.1) is 22.8 Å². The third-order valence-electron chi connectivity index (χ3n) is 5.89. The Morgan fingerprint density at radius 1 is 1.00 bits per heavy atom. The number of ether oxygens (including phenoxy) is 1. The predicted molar refractivity (Wildman–Crippen MR) is 123 cm³/mol. The number of benzene rings is 1. The maximum absolute atomic E-state index is 13.2. The van der Waals surface area contributed by atoms with Crippen LogP contribution in [0.3, 0.4) is 0 Å². The molecule has 7 heteroatoms. The Bertz CT molecular complexity index is 1100. The highest BCUT2D eigenvalue weighted by Crippen LogP contribution is 2.27. The molecule has 1 fully saturated rings. The Morgan fingerprint density at radius 2 is 1.69 bits per heavy atom. The summed E-state index contributed by atoms with van der Waals surface area (Å²) in [4.78, 5) is 32.7. The molecule has 32 heavy (non-hydrogen) atoms. The minimum Gasteiger partial charge on any atom is -0.449 e. The van der Waals surface area contributed by atoms with E-state index in [1.807, 2.05) is 49.1 Å². The van der Waals surface area contributed by atoms with Crippen LogP contribution in [0.25, 0.3) is 22.3 Å². The summed E-state index contributed by atoms with van der Waals surface area (Å²) >= 11 is 0. The molecule has 3 aromatic rings. The van der Waals surface area contributed by atoms with Crippen molar-refractivity contribution in [3.8, 4) is 11.3 Å². The summed E-state index contributed by atoms with van der Waals surface area (Å²) in [6.45, 7) is 7.13. The number of amides is 1. The smallest absolute Gasteiger partial charge is 0.339 e. The quantitative estimate of drug-likeness (QED) is 0.547. The van der Waals surface area contributed by atoms with E-state index in [-0.39, 0.29) is 11.9 Å². The summed E-state index contributed by atoms with van der Waals surface area (Å²) < 4.78 is 7.46. The van der Waals surface area contributed by atoms with Crippen LogP contribution in [-0.4, -0.2) is 50.7 Å². The Hall–Kier alpha value is -3.22. The second-order valence-electron chi connectivity index (χ2n) is 8.63. The Balaban J connectivity index is 1.66. The molecule has 1 aromatic carbocycles. The van der Waals surface area contributed by atoms with Gasteiger partial charge in [0.15, 0.2) is 11.8 Å². The molecule has 3 heterocycles. The van der Waals surface area contributed by atoms with Crippen LogP contribution in [0.2, 0.25) is 0 Å². The topological polar surface area (TPSA) is 77.3 Å². The highest BCUT2D eigenvalue weighted by Gasteiger charge is 2.27. The lowest BCUT2D eigenvalue weighted by atomic mass is 10.1. The largest absolute Gasteiger partial charge is 0.449 e. The predicted octanol–water partition coefficient (Wildman–Crippen LogP) is 4.63. The van der Waals surface area contributed by atoms with Crippen molar-refractivity contribution >= 4 is 22.9 Å². The van der Waals surface area contributed by atoms with Crippen LogP contribution in [0.5, 0.6) is 0 Å². The third kappa shape index (κ3) is 4.52. The second kappa shape index (κ2) is 9.51. The number of pyridine rings is 1. The van der Waals surface area contributed by atoms with Crippen LogP contribution in [0.4, 0.5) is 0 Å². The van der Waals surface area contributed by atoms with E-state index in [1.54, 1.807) is 23.9 Å². The summed E-state index contributed by atoms with van der Waals surface area (Å²) in [5, 5.41) is 5.06. The average Bonchev–Trinajstić information content (AvgIpc) is 3.04. The molecule has 1 atom stereocenters. The van der Waals surface area contributed by atoms with Gasteiger partial charge in [-0.15, -0.1) is 0 Å². The van der Waals surface area contributed by atoms with Crippen LogP contribution in [-0.2, 0) is 9.53 Å². The monoisotopic (exact) mass is 434 g/mol. The van der Waals surface area contributed by atoms with E-state index in [0.717, 1.165) is 44.3 Å². The van der Waals surface area contributed by atoms with Gasteiger partial charge < -0.3 is 9.64 Å². The fourth-order valence-electron chi connectivity index (χ4n) is 4.14. The van der Waals surface area contributed by atoms with Gasteiger partial charge in [-0.2, -0.15) is 5.10 Å². The molecule has 1 saturated heterocycles. The molecular formula is C25H30N4O3. The fourth-order valence-corrected chi connectivity index (χ4v) is 4.14. The Kier molecular flexibility index (Phi) is 6.53. The summed E-state index contributed by atoms with van der Waals surface area (Å²) in [5.74, 6) is -0.666. The standard InChI is InChI=1S/C25H30N4O3/c1-17(2)29-23-21(16-26-29)20(15-22(27-23)19-11-7-6-8-12-19)25(31)32-18(3)24(30)28-13-9-4-5-10-14-28/h6-8,11-12,15-18H,4-5,9-10,13-14H2,1-3H3. The second-order valence-corrected chi connectivity index (χ2v) is 8.63. The molecule has 7 nitrogen and oxygen atoms in total. The third-order valence-corrected chi connectivity index (χ3v) is 5.89. The number of esters is 1. The minimum atomic E-state index is -0.843. The van der Waals surface area contributed by atoms with E-state index in [1.165, 1.54) is 0 Å². The molecule has 0 aliphatic carbocycles. The van der Waals surface area contributed by atoms with Crippen LogP contribution >= 0.6 is 0 Å². The number of aromatic nitrogens is 3. The first-order chi connectivity index (χ1) is 15.5. The summed E-state index contributed by atoms with van der Waals surface area (Å²) in [6, 6.07) is 11.5. The molecule has 0 spiro atoms. The van der Waals surface area contributed by atoms with Gasteiger partial charge in [-0.25, -0.2) is 14.5 Å². The van der Waals surface area contributed by atoms with Crippen molar-refractivity contribution in [2.24, 2.45) is 0 Å². The SMILES string of the molecule is CC(OC(=O)c1cc(-c2ccccc2)nc2c1cnn2C(C)C)C(=O)N1CCCCCC1. The number of hydrogen-bond donors (Lipinski definition) is 0. The zero-order valence-electron chi connectivity index (χ0n) is 19.0. The normalized spacial score (nSPS) is 15.6. The molecule has 168 valence electrons. The molecule has 0 bridgehead atoms. The average molecular weight is 435 g/mol. The van der Waals surface area contributed by atoms with Crippen LogP contribution in [0.15, 0.2) is 42.6 Å². The first-order valence-corrected chi connectivity index (χ1v) is 11.4. The molecule has 0 saturated carbocycles. The number of nitrogens with zero attached hydrogens (tertiary/aromatic N) is 4. The van der Waals surface area contributed by atoms with Crippen molar-refractivity contribution in [2.75, 3.05) is 13.1 Å². The van der Waals surface area contributed by atoms with Crippen molar-refractivity contribution in [3.63, 3.8) is 0 Å². The van der Waals surface area contributed by atoms with Gasteiger partial charge in [0.25, 0.3) is 5.91 Å². The van der Waals surface area contributed by atoms with E-state index >= 15 is 0 Å². The van der Waals surface area contributed by atoms with Crippen molar-refractivity contribution in [3.05, 3.63) is 48.2 Å². The molecule has 2 aromatic heterocycles. The summed E-state index contributed by atoms with van der Waals surface area (Å²) in [7, 11) is 0. The number of carbonyl (C=O) groups is 2. The molecule has 1 amide bonds. The zero-order valence-corrected chi connectivity index (χ0v) is 19.0. The van der Waals surface area contributed by atoms with Crippen LogP contribution in [0, 0.1) is 0 Å². The maximum atomic E-state index is 13.2. The molecule has 1 aliphatic heterocycles.